The normalized spacial score (nSPS) is 12.9. The van der Waals surface area contributed by atoms with Crippen LogP contribution in [0.3, 0.4) is 0 Å². The average Bonchev–Trinajstić information content (AvgIpc) is 2.67. The molecule has 0 saturated carbocycles. The maximum Gasteiger partial charge on any atom is 0.303 e. The lowest BCUT2D eigenvalue weighted by atomic mass is 10.0. The predicted molar refractivity (Wildman–Crippen MR) is 67.0 cm³/mol. The fourth-order valence-corrected chi connectivity index (χ4v) is 2.08. The summed E-state index contributed by atoms with van der Waals surface area (Å²) in [5.74, 6) is -0.602. The highest BCUT2D eigenvalue weighted by Gasteiger charge is 2.12. The number of rotatable bonds is 7. The molecule has 1 aromatic rings. The first kappa shape index (κ1) is 13.7. The molecule has 0 aliphatic carbocycles. The minimum atomic E-state index is -0.739. The van der Waals surface area contributed by atoms with E-state index in [1.54, 1.807) is 0 Å². The molecule has 0 aliphatic rings. The van der Waals surface area contributed by atoms with Crippen molar-refractivity contribution >= 4 is 5.97 Å². The average molecular weight is 238 g/mol. The van der Waals surface area contributed by atoms with Gasteiger partial charge in [0.2, 0.25) is 0 Å². The van der Waals surface area contributed by atoms with E-state index in [1.807, 2.05) is 23.9 Å². The Balaban J connectivity index is 2.59. The van der Waals surface area contributed by atoms with Gasteiger partial charge in [0.1, 0.15) is 0 Å². The van der Waals surface area contributed by atoms with Gasteiger partial charge in [-0.15, -0.1) is 0 Å². The van der Waals surface area contributed by atoms with Gasteiger partial charge in [-0.2, -0.15) is 5.10 Å². The topological polar surface area (TPSA) is 55.1 Å². The van der Waals surface area contributed by atoms with Crippen molar-refractivity contribution in [2.24, 2.45) is 5.92 Å². The number of hydrogen-bond acceptors (Lipinski definition) is 2. The lowest BCUT2D eigenvalue weighted by molar-refractivity contribution is -0.137. The van der Waals surface area contributed by atoms with Gasteiger partial charge >= 0.3 is 5.97 Å². The van der Waals surface area contributed by atoms with Gasteiger partial charge in [0.05, 0.1) is 11.7 Å². The molecule has 17 heavy (non-hydrogen) atoms. The summed E-state index contributed by atoms with van der Waals surface area (Å²) >= 11 is 0. The van der Waals surface area contributed by atoms with Gasteiger partial charge in [0, 0.05) is 12.6 Å². The molecule has 4 nitrogen and oxygen atoms in total. The SMILES string of the molecule is CCC(CC)n1ccc(CC(C)CC(=O)O)n1. The molecule has 0 amide bonds. The number of aromatic nitrogens is 2. The van der Waals surface area contributed by atoms with Crippen LogP contribution in [-0.4, -0.2) is 20.9 Å². The fraction of sp³-hybridized carbons (Fsp3) is 0.692. The van der Waals surface area contributed by atoms with E-state index in [2.05, 4.69) is 18.9 Å². The van der Waals surface area contributed by atoms with Crippen LogP contribution >= 0.6 is 0 Å². The molecule has 4 heteroatoms. The molecule has 0 bridgehead atoms. The summed E-state index contributed by atoms with van der Waals surface area (Å²) in [6, 6.07) is 2.45. The second-order valence-corrected chi connectivity index (χ2v) is 4.66. The molecule has 0 radical (unpaired) electrons. The smallest absolute Gasteiger partial charge is 0.303 e. The zero-order chi connectivity index (χ0) is 12.8. The van der Waals surface area contributed by atoms with Gasteiger partial charge in [0.25, 0.3) is 0 Å². The Labute approximate surface area is 103 Å². The van der Waals surface area contributed by atoms with Crippen LogP contribution in [0.4, 0.5) is 0 Å². The molecule has 1 atom stereocenters. The van der Waals surface area contributed by atoms with Crippen LogP contribution in [0.25, 0.3) is 0 Å². The van der Waals surface area contributed by atoms with Crippen LogP contribution in [0, 0.1) is 5.92 Å². The van der Waals surface area contributed by atoms with Crippen LogP contribution < -0.4 is 0 Å². The first-order chi connectivity index (χ1) is 8.06. The van der Waals surface area contributed by atoms with Gasteiger partial charge in [-0.05, 0) is 31.2 Å². The van der Waals surface area contributed by atoms with Gasteiger partial charge in [-0.3, -0.25) is 9.48 Å². The molecule has 1 rings (SSSR count). The summed E-state index contributed by atoms with van der Waals surface area (Å²) in [6.45, 7) is 6.26. The molecule has 1 heterocycles. The Morgan fingerprint density at radius 3 is 2.65 bits per heavy atom. The Kier molecular flexibility index (Phi) is 5.19. The van der Waals surface area contributed by atoms with E-state index in [1.165, 1.54) is 0 Å². The molecule has 1 unspecified atom stereocenters. The van der Waals surface area contributed by atoms with Gasteiger partial charge < -0.3 is 5.11 Å². The third kappa shape index (κ3) is 4.21. The van der Waals surface area contributed by atoms with Crippen LogP contribution in [0.5, 0.6) is 0 Å². The highest BCUT2D eigenvalue weighted by molar-refractivity contribution is 5.66. The maximum absolute atomic E-state index is 10.6. The molecule has 1 aromatic heterocycles. The Morgan fingerprint density at radius 2 is 2.12 bits per heavy atom. The summed E-state index contributed by atoms with van der Waals surface area (Å²) in [7, 11) is 0. The lowest BCUT2D eigenvalue weighted by Crippen LogP contribution is -2.10. The summed E-state index contributed by atoms with van der Waals surface area (Å²) in [5.41, 5.74) is 0.991. The third-order valence-electron chi connectivity index (χ3n) is 3.06. The van der Waals surface area contributed by atoms with Gasteiger partial charge in [-0.1, -0.05) is 20.8 Å². The minimum Gasteiger partial charge on any atom is -0.481 e. The number of carboxylic acid groups (broad SMARTS) is 1. The molecule has 0 fully saturated rings. The molecule has 0 aromatic carbocycles. The molecular formula is C13H22N2O2. The molecule has 0 spiro atoms. The Bertz CT molecular complexity index is 356. The van der Waals surface area contributed by atoms with Crippen molar-refractivity contribution in [2.45, 2.75) is 52.5 Å². The van der Waals surface area contributed by atoms with Crippen LogP contribution in [0.15, 0.2) is 12.3 Å². The Morgan fingerprint density at radius 1 is 1.47 bits per heavy atom. The minimum absolute atomic E-state index is 0.137. The number of carboxylic acids is 1. The van der Waals surface area contributed by atoms with Gasteiger partial charge in [-0.25, -0.2) is 0 Å². The summed E-state index contributed by atoms with van der Waals surface area (Å²) < 4.78 is 2.00. The number of aliphatic carboxylic acids is 1. The molecule has 0 saturated heterocycles. The highest BCUT2D eigenvalue weighted by atomic mass is 16.4. The quantitative estimate of drug-likeness (QED) is 0.794. The van der Waals surface area contributed by atoms with E-state index in [-0.39, 0.29) is 12.3 Å². The summed E-state index contributed by atoms with van der Waals surface area (Å²) in [4.78, 5) is 10.6. The lowest BCUT2D eigenvalue weighted by Gasteiger charge is -2.12. The van der Waals surface area contributed by atoms with Crippen molar-refractivity contribution in [2.75, 3.05) is 0 Å². The monoisotopic (exact) mass is 238 g/mol. The standard InChI is InChI=1S/C13H22N2O2/c1-4-12(5-2)15-7-6-11(14-15)8-10(3)9-13(16)17/h6-7,10,12H,4-5,8-9H2,1-3H3,(H,16,17). The third-order valence-corrected chi connectivity index (χ3v) is 3.06. The van der Waals surface area contributed by atoms with Crippen molar-refractivity contribution in [3.63, 3.8) is 0 Å². The van der Waals surface area contributed by atoms with Crippen LogP contribution in [0.1, 0.15) is 51.8 Å². The summed E-state index contributed by atoms with van der Waals surface area (Å²) in [6.07, 6.45) is 5.09. The number of hydrogen-bond donors (Lipinski definition) is 1. The fourth-order valence-electron chi connectivity index (χ4n) is 2.08. The number of carbonyl (C=O) groups is 1. The molecule has 1 N–H and O–H groups in total. The largest absolute Gasteiger partial charge is 0.481 e. The van der Waals surface area contributed by atoms with Crippen molar-refractivity contribution < 1.29 is 9.90 Å². The van der Waals surface area contributed by atoms with Crippen molar-refractivity contribution in [1.29, 1.82) is 0 Å². The number of nitrogens with zero attached hydrogens (tertiary/aromatic N) is 2. The maximum atomic E-state index is 10.6. The molecule has 0 aliphatic heterocycles. The van der Waals surface area contributed by atoms with E-state index < -0.39 is 5.97 Å². The second-order valence-electron chi connectivity index (χ2n) is 4.66. The zero-order valence-corrected chi connectivity index (χ0v) is 10.9. The molecular weight excluding hydrogens is 216 g/mol. The first-order valence-electron chi connectivity index (χ1n) is 6.32. The van der Waals surface area contributed by atoms with E-state index in [0.717, 1.165) is 25.0 Å². The van der Waals surface area contributed by atoms with Gasteiger partial charge in [0.15, 0.2) is 0 Å². The van der Waals surface area contributed by atoms with E-state index in [9.17, 15) is 4.79 Å². The predicted octanol–water partition coefficient (Wildman–Crippen LogP) is 2.90. The van der Waals surface area contributed by atoms with Crippen LogP contribution in [-0.2, 0) is 11.2 Å². The second kappa shape index (κ2) is 6.42. The van der Waals surface area contributed by atoms with E-state index >= 15 is 0 Å². The van der Waals surface area contributed by atoms with E-state index in [4.69, 9.17) is 5.11 Å². The van der Waals surface area contributed by atoms with E-state index in [0.29, 0.717) is 6.04 Å². The van der Waals surface area contributed by atoms with Crippen molar-refractivity contribution in [3.05, 3.63) is 18.0 Å². The van der Waals surface area contributed by atoms with Crippen molar-refractivity contribution in [3.8, 4) is 0 Å². The van der Waals surface area contributed by atoms with Crippen molar-refractivity contribution in [1.82, 2.24) is 9.78 Å². The Hall–Kier alpha value is -1.32. The molecule has 96 valence electrons. The highest BCUT2D eigenvalue weighted by Crippen LogP contribution is 2.16. The first-order valence-corrected chi connectivity index (χ1v) is 6.32. The zero-order valence-electron chi connectivity index (χ0n) is 10.9. The van der Waals surface area contributed by atoms with Crippen LogP contribution in [0.2, 0.25) is 0 Å². The summed E-state index contributed by atoms with van der Waals surface area (Å²) in [5, 5.41) is 13.2.